The van der Waals surface area contributed by atoms with Crippen LogP contribution in [0.15, 0.2) is 53.4 Å². The number of aryl methyl sites for hydroxylation is 1. The molecule has 8 nitrogen and oxygen atoms in total. The Morgan fingerprint density at radius 1 is 1.13 bits per heavy atom. The van der Waals surface area contributed by atoms with Crippen LogP contribution in [-0.2, 0) is 10.0 Å². The highest BCUT2D eigenvalue weighted by Gasteiger charge is 2.20. The first-order valence-corrected chi connectivity index (χ1v) is 7.91. The van der Waals surface area contributed by atoms with Gasteiger partial charge in [0.1, 0.15) is 0 Å². The molecule has 9 heteroatoms. The number of anilines is 1. The van der Waals surface area contributed by atoms with Gasteiger partial charge in [0.25, 0.3) is 15.7 Å². The van der Waals surface area contributed by atoms with Gasteiger partial charge in [0.15, 0.2) is 0 Å². The number of non-ortho nitro benzene ring substituents is 1. The number of amides is 2. The molecule has 0 aliphatic heterocycles. The van der Waals surface area contributed by atoms with E-state index in [-0.39, 0.29) is 10.6 Å². The summed E-state index contributed by atoms with van der Waals surface area (Å²) >= 11 is 0. The normalized spacial score (nSPS) is 10.8. The fourth-order valence-electron chi connectivity index (χ4n) is 1.74. The van der Waals surface area contributed by atoms with E-state index in [2.05, 4.69) is 5.32 Å². The lowest BCUT2D eigenvalue weighted by Gasteiger charge is -2.08. The van der Waals surface area contributed by atoms with E-state index in [1.165, 1.54) is 6.07 Å². The summed E-state index contributed by atoms with van der Waals surface area (Å²) in [4.78, 5) is 21.4. The lowest BCUT2D eigenvalue weighted by molar-refractivity contribution is -0.385. The summed E-state index contributed by atoms with van der Waals surface area (Å²) in [6.45, 7) is 1.87. The number of sulfonamides is 1. The van der Waals surface area contributed by atoms with Crippen LogP contribution < -0.4 is 10.0 Å². The number of urea groups is 1. The number of benzene rings is 2. The number of carbonyl (C=O) groups excluding carboxylic acids is 1. The minimum absolute atomic E-state index is 0.370. The molecule has 0 spiro atoms. The van der Waals surface area contributed by atoms with Crippen LogP contribution in [0.2, 0.25) is 0 Å². The highest BCUT2D eigenvalue weighted by Crippen LogP contribution is 2.17. The molecular formula is C14H13N3O5S. The number of nitrogens with one attached hydrogen (secondary N) is 2. The number of nitro benzene ring substituents is 1. The minimum Gasteiger partial charge on any atom is -0.307 e. The van der Waals surface area contributed by atoms with Gasteiger partial charge in [-0.1, -0.05) is 23.8 Å². The summed E-state index contributed by atoms with van der Waals surface area (Å²) in [5, 5.41) is 13.1. The van der Waals surface area contributed by atoms with Crippen molar-refractivity contribution in [1.82, 2.24) is 4.72 Å². The van der Waals surface area contributed by atoms with Crippen LogP contribution in [0.5, 0.6) is 0 Å². The zero-order valence-corrected chi connectivity index (χ0v) is 12.8. The average Bonchev–Trinajstić information content (AvgIpc) is 2.49. The maximum Gasteiger partial charge on any atom is 0.333 e. The van der Waals surface area contributed by atoms with E-state index in [1.54, 1.807) is 29.0 Å². The van der Waals surface area contributed by atoms with E-state index in [1.807, 2.05) is 6.92 Å². The number of rotatable bonds is 4. The van der Waals surface area contributed by atoms with Crippen molar-refractivity contribution < 1.29 is 18.1 Å². The van der Waals surface area contributed by atoms with Gasteiger partial charge in [-0.05, 0) is 25.1 Å². The monoisotopic (exact) mass is 335 g/mol. The van der Waals surface area contributed by atoms with Gasteiger partial charge in [-0.25, -0.2) is 17.9 Å². The lowest BCUT2D eigenvalue weighted by Crippen LogP contribution is -2.34. The highest BCUT2D eigenvalue weighted by atomic mass is 32.2. The molecule has 0 aliphatic rings. The molecule has 2 aromatic carbocycles. The van der Waals surface area contributed by atoms with Crippen LogP contribution in [0.4, 0.5) is 16.2 Å². The van der Waals surface area contributed by atoms with Crippen molar-refractivity contribution in [2.75, 3.05) is 5.32 Å². The molecule has 2 aromatic rings. The van der Waals surface area contributed by atoms with E-state index >= 15 is 0 Å². The van der Waals surface area contributed by atoms with Crippen LogP contribution in [0.3, 0.4) is 0 Å². The Labute approximate surface area is 132 Å². The van der Waals surface area contributed by atoms with Gasteiger partial charge in [0.05, 0.1) is 9.82 Å². The largest absolute Gasteiger partial charge is 0.333 e. The standard InChI is InChI=1S/C14H13N3O5S/c1-10-5-7-11(8-6-10)15-14(18)16-23(21,22)13-4-2-3-12(9-13)17(19)20/h2-9H,1H3,(H2,15,16,18). The van der Waals surface area contributed by atoms with Crippen LogP contribution in [-0.4, -0.2) is 19.4 Å². The quantitative estimate of drug-likeness (QED) is 0.657. The maximum absolute atomic E-state index is 12.1. The first-order valence-electron chi connectivity index (χ1n) is 6.43. The lowest BCUT2D eigenvalue weighted by atomic mass is 10.2. The molecule has 2 rings (SSSR count). The molecule has 0 unspecified atom stereocenters. The van der Waals surface area contributed by atoms with Crippen LogP contribution in [0, 0.1) is 17.0 Å². The number of nitrogens with zero attached hydrogens (tertiary/aromatic N) is 1. The third-order valence-corrected chi connectivity index (χ3v) is 4.20. The molecule has 0 saturated heterocycles. The minimum atomic E-state index is -4.21. The van der Waals surface area contributed by atoms with E-state index < -0.39 is 21.0 Å². The van der Waals surface area contributed by atoms with Gasteiger partial charge in [-0.2, -0.15) is 0 Å². The van der Waals surface area contributed by atoms with E-state index in [4.69, 9.17) is 0 Å². The van der Waals surface area contributed by atoms with E-state index in [9.17, 15) is 23.3 Å². The Balaban J connectivity index is 2.14. The average molecular weight is 335 g/mol. The molecule has 2 amide bonds. The van der Waals surface area contributed by atoms with Gasteiger partial charge in [0.2, 0.25) is 0 Å². The third-order valence-electron chi connectivity index (χ3n) is 2.88. The summed E-state index contributed by atoms with van der Waals surface area (Å²) < 4.78 is 25.9. The Morgan fingerprint density at radius 3 is 2.39 bits per heavy atom. The van der Waals surface area contributed by atoms with Crippen molar-refractivity contribution in [3.05, 3.63) is 64.2 Å². The number of hydrogen-bond donors (Lipinski definition) is 2. The summed E-state index contributed by atoms with van der Waals surface area (Å²) in [5.74, 6) is 0. The molecule has 0 heterocycles. The molecule has 0 fully saturated rings. The predicted molar refractivity (Wildman–Crippen MR) is 83.6 cm³/mol. The SMILES string of the molecule is Cc1ccc(NC(=O)NS(=O)(=O)c2cccc([N+](=O)[O-])c2)cc1. The zero-order valence-electron chi connectivity index (χ0n) is 12.0. The van der Waals surface area contributed by atoms with Crippen molar-refractivity contribution in [2.24, 2.45) is 0 Å². The van der Waals surface area contributed by atoms with Crippen molar-refractivity contribution >= 4 is 27.4 Å². The fraction of sp³-hybridized carbons (Fsp3) is 0.0714. The Hall–Kier alpha value is -2.94. The van der Waals surface area contributed by atoms with Gasteiger partial charge in [-0.3, -0.25) is 10.1 Å². The topological polar surface area (TPSA) is 118 Å². The van der Waals surface area contributed by atoms with Crippen LogP contribution in [0.25, 0.3) is 0 Å². The van der Waals surface area contributed by atoms with E-state index in [0.29, 0.717) is 5.69 Å². The Kier molecular flexibility index (Phi) is 4.60. The molecule has 2 N–H and O–H groups in total. The molecule has 23 heavy (non-hydrogen) atoms. The zero-order chi connectivity index (χ0) is 17.0. The second-order valence-electron chi connectivity index (χ2n) is 4.68. The number of carbonyl (C=O) groups is 1. The second-order valence-corrected chi connectivity index (χ2v) is 6.36. The third kappa shape index (κ3) is 4.27. The van der Waals surface area contributed by atoms with Crippen molar-refractivity contribution in [1.29, 1.82) is 0 Å². The summed E-state index contributed by atoms with van der Waals surface area (Å²) in [7, 11) is -4.21. The number of nitro groups is 1. The molecule has 0 atom stereocenters. The number of hydrogen-bond acceptors (Lipinski definition) is 5. The molecular weight excluding hydrogens is 322 g/mol. The molecule has 0 radical (unpaired) electrons. The molecule has 120 valence electrons. The molecule has 0 aromatic heterocycles. The maximum atomic E-state index is 12.1. The van der Waals surface area contributed by atoms with Crippen molar-refractivity contribution in [3.63, 3.8) is 0 Å². The Bertz CT molecular complexity index is 847. The van der Waals surface area contributed by atoms with Gasteiger partial charge >= 0.3 is 6.03 Å². The summed E-state index contributed by atoms with van der Waals surface area (Å²) in [5.41, 5.74) is 1.02. The van der Waals surface area contributed by atoms with Crippen LogP contribution >= 0.6 is 0 Å². The predicted octanol–water partition coefficient (Wildman–Crippen LogP) is 2.41. The van der Waals surface area contributed by atoms with Gasteiger partial charge in [0, 0.05) is 17.8 Å². The first-order chi connectivity index (χ1) is 10.8. The smallest absolute Gasteiger partial charge is 0.307 e. The first kappa shape index (κ1) is 16.4. The van der Waals surface area contributed by atoms with Gasteiger partial charge < -0.3 is 5.32 Å². The van der Waals surface area contributed by atoms with Crippen molar-refractivity contribution in [3.8, 4) is 0 Å². The fourth-order valence-corrected chi connectivity index (χ4v) is 2.69. The molecule has 0 aliphatic carbocycles. The van der Waals surface area contributed by atoms with Gasteiger partial charge in [-0.15, -0.1) is 0 Å². The second kappa shape index (κ2) is 6.44. The van der Waals surface area contributed by atoms with E-state index in [0.717, 1.165) is 23.8 Å². The van der Waals surface area contributed by atoms with Crippen molar-refractivity contribution in [2.45, 2.75) is 11.8 Å². The highest BCUT2D eigenvalue weighted by molar-refractivity contribution is 7.90. The molecule has 0 bridgehead atoms. The Morgan fingerprint density at radius 2 is 1.78 bits per heavy atom. The molecule has 0 saturated carbocycles. The summed E-state index contributed by atoms with van der Waals surface area (Å²) in [6, 6.07) is 10.2. The summed E-state index contributed by atoms with van der Waals surface area (Å²) in [6.07, 6.45) is 0. The van der Waals surface area contributed by atoms with Crippen LogP contribution in [0.1, 0.15) is 5.56 Å².